The summed E-state index contributed by atoms with van der Waals surface area (Å²) < 4.78 is 11.1. The van der Waals surface area contributed by atoms with Gasteiger partial charge in [-0.2, -0.15) is 0 Å². The van der Waals surface area contributed by atoms with Gasteiger partial charge in [0.2, 0.25) is 0 Å². The van der Waals surface area contributed by atoms with Gasteiger partial charge in [0.25, 0.3) is 0 Å². The Morgan fingerprint density at radius 2 is 1.95 bits per heavy atom. The summed E-state index contributed by atoms with van der Waals surface area (Å²) in [5, 5.41) is 1.06. The van der Waals surface area contributed by atoms with Crippen LogP contribution in [0.2, 0.25) is 0 Å². The lowest BCUT2D eigenvalue weighted by molar-refractivity contribution is 0.265. The van der Waals surface area contributed by atoms with Crippen molar-refractivity contribution < 1.29 is 9.15 Å². The molecule has 0 bridgehead atoms. The van der Waals surface area contributed by atoms with Gasteiger partial charge in [0.15, 0.2) is 0 Å². The molecule has 0 amide bonds. The molecule has 2 heterocycles. The first-order chi connectivity index (χ1) is 9.35. The number of benzene rings is 1. The summed E-state index contributed by atoms with van der Waals surface area (Å²) >= 11 is 0. The summed E-state index contributed by atoms with van der Waals surface area (Å²) in [5.74, 6) is 2.24. The first-order valence-corrected chi connectivity index (χ1v) is 6.10. The van der Waals surface area contributed by atoms with Crippen molar-refractivity contribution in [1.82, 2.24) is 4.98 Å². The largest absolute Gasteiger partial charge is 0.484 e. The first kappa shape index (κ1) is 11.7. The minimum atomic E-state index is 0.375. The maximum atomic E-state index is 5.66. The van der Waals surface area contributed by atoms with Crippen LogP contribution in [0.15, 0.2) is 53.1 Å². The molecular formula is C15H14N2O2. The van der Waals surface area contributed by atoms with Crippen LogP contribution < -0.4 is 10.5 Å². The molecule has 0 aliphatic rings. The van der Waals surface area contributed by atoms with E-state index in [-0.39, 0.29) is 0 Å². The number of rotatable bonds is 4. The highest BCUT2D eigenvalue weighted by Crippen LogP contribution is 2.19. The Balaban J connectivity index is 1.74. The van der Waals surface area contributed by atoms with Gasteiger partial charge >= 0.3 is 0 Å². The third kappa shape index (κ3) is 2.58. The Morgan fingerprint density at radius 3 is 2.79 bits per heavy atom. The molecule has 0 spiro atoms. The average Bonchev–Trinajstić information content (AvgIpc) is 2.93. The van der Waals surface area contributed by atoms with Crippen molar-refractivity contribution in [2.24, 2.45) is 5.73 Å². The van der Waals surface area contributed by atoms with Crippen LogP contribution >= 0.6 is 0 Å². The molecule has 2 aromatic heterocycles. The lowest BCUT2D eigenvalue weighted by atomic mass is 10.2. The Morgan fingerprint density at radius 1 is 1.11 bits per heavy atom. The molecule has 0 saturated heterocycles. The van der Waals surface area contributed by atoms with Crippen LogP contribution in [0.25, 0.3) is 10.9 Å². The van der Waals surface area contributed by atoms with Crippen molar-refractivity contribution in [2.45, 2.75) is 13.2 Å². The quantitative estimate of drug-likeness (QED) is 0.777. The van der Waals surface area contributed by atoms with Gasteiger partial charge in [0, 0.05) is 5.39 Å². The molecule has 0 atom stereocenters. The van der Waals surface area contributed by atoms with Gasteiger partial charge in [-0.15, -0.1) is 0 Å². The number of para-hydroxylation sites is 1. The smallest absolute Gasteiger partial charge is 0.146 e. The number of nitrogens with two attached hydrogens (primary N) is 1. The summed E-state index contributed by atoms with van der Waals surface area (Å²) in [7, 11) is 0. The Bertz CT molecular complexity index is 691. The zero-order chi connectivity index (χ0) is 13.1. The summed E-state index contributed by atoms with van der Waals surface area (Å²) in [6.45, 7) is 0.775. The van der Waals surface area contributed by atoms with E-state index in [2.05, 4.69) is 4.98 Å². The van der Waals surface area contributed by atoms with Crippen LogP contribution in [0, 0.1) is 0 Å². The third-order valence-corrected chi connectivity index (χ3v) is 2.86. The predicted molar refractivity (Wildman–Crippen MR) is 72.7 cm³/mol. The van der Waals surface area contributed by atoms with Crippen LogP contribution in [0.3, 0.4) is 0 Å². The summed E-state index contributed by atoms with van der Waals surface area (Å²) in [5.41, 5.74) is 6.44. The average molecular weight is 254 g/mol. The third-order valence-electron chi connectivity index (χ3n) is 2.86. The summed E-state index contributed by atoms with van der Waals surface area (Å²) in [4.78, 5) is 4.34. The first-order valence-electron chi connectivity index (χ1n) is 6.10. The number of hydrogen-bond acceptors (Lipinski definition) is 4. The molecule has 4 heteroatoms. The van der Waals surface area contributed by atoms with E-state index in [9.17, 15) is 0 Å². The van der Waals surface area contributed by atoms with E-state index in [4.69, 9.17) is 14.9 Å². The summed E-state index contributed by atoms with van der Waals surface area (Å²) in [6.07, 6.45) is 1.72. The van der Waals surface area contributed by atoms with E-state index in [0.29, 0.717) is 13.2 Å². The molecule has 2 N–H and O–H groups in total. The molecule has 19 heavy (non-hydrogen) atoms. The molecule has 0 aliphatic heterocycles. The predicted octanol–water partition coefficient (Wildman–Crippen LogP) is 2.87. The zero-order valence-corrected chi connectivity index (χ0v) is 10.4. The van der Waals surface area contributed by atoms with Crippen molar-refractivity contribution in [3.63, 3.8) is 0 Å². The molecule has 0 radical (unpaired) electrons. The number of furan rings is 1. The molecule has 0 unspecified atom stereocenters. The van der Waals surface area contributed by atoms with Gasteiger partial charge in [-0.25, -0.2) is 0 Å². The molecule has 4 nitrogen and oxygen atoms in total. The molecule has 3 aromatic rings. The molecule has 96 valence electrons. The van der Waals surface area contributed by atoms with Gasteiger partial charge in [-0.05, 0) is 24.3 Å². The van der Waals surface area contributed by atoms with E-state index >= 15 is 0 Å². The number of nitrogens with zero attached hydrogens (tertiary/aromatic N) is 1. The van der Waals surface area contributed by atoms with Crippen molar-refractivity contribution in [3.05, 3.63) is 60.2 Å². The number of fused-ring (bicyclic) bond motifs is 1. The van der Waals surface area contributed by atoms with Crippen LogP contribution in [0.1, 0.15) is 11.5 Å². The number of aromatic nitrogens is 1. The topological polar surface area (TPSA) is 61.3 Å². The van der Waals surface area contributed by atoms with Crippen molar-refractivity contribution in [3.8, 4) is 5.75 Å². The zero-order valence-electron chi connectivity index (χ0n) is 10.4. The molecule has 0 saturated carbocycles. The molecule has 1 aromatic carbocycles. The Labute approximate surface area is 110 Å². The highest BCUT2D eigenvalue weighted by molar-refractivity contribution is 5.79. The van der Waals surface area contributed by atoms with Crippen LogP contribution in [0.5, 0.6) is 5.75 Å². The molecule has 3 rings (SSSR count). The number of ether oxygens (including phenoxy) is 1. The maximum Gasteiger partial charge on any atom is 0.146 e. The highest BCUT2D eigenvalue weighted by atomic mass is 16.5. The van der Waals surface area contributed by atoms with Crippen LogP contribution in [0.4, 0.5) is 0 Å². The van der Waals surface area contributed by atoms with Crippen LogP contribution in [-0.4, -0.2) is 4.98 Å². The molecule has 0 fully saturated rings. The van der Waals surface area contributed by atoms with E-state index in [0.717, 1.165) is 28.2 Å². The lowest BCUT2D eigenvalue weighted by Crippen LogP contribution is -1.95. The lowest BCUT2D eigenvalue weighted by Gasteiger charge is -2.05. The minimum absolute atomic E-state index is 0.375. The van der Waals surface area contributed by atoms with E-state index < -0.39 is 0 Å². The van der Waals surface area contributed by atoms with Gasteiger partial charge in [0.1, 0.15) is 23.9 Å². The fraction of sp³-hybridized carbons (Fsp3) is 0.133. The summed E-state index contributed by atoms with van der Waals surface area (Å²) in [6, 6.07) is 13.6. The normalized spacial score (nSPS) is 10.8. The van der Waals surface area contributed by atoms with E-state index in [1.165, 1.54) is 0 Å². The van der Waals surface area contributed by atoms with Gasteiger partial charge in [0.05, 0.1) is 18.3 Å². The fourth-order valence-corrected chi connectivity index (χ4v) is 1.89. The van der Waals surface area contributed by atoms with Crippen LogP contribution in [-0.2, 0) is 13.2 Å². The monoisotopic (exact) mass is 254 g/mol. The number of hydrogen-bond donors (Lipinski definition) is 1. The second-order valence-corrected chi connectivity index (χ2v) is 4.22. The maximum absolute atomic E-state index is 5.66. The second kappa shape index (κ2) is 5.12. The van der Waals surface area contributed by atoms with Crippen molar-refractivity contribution >= 4 is 10.9 Å². The number of pyridine rings is 1. The fourth-order valence-electron chi connectivity index (χ4n) is 1.89. The minimum Gasteiger partial charge on any atom is -0.484 e. The van der Waals surface area contributed by atoms with Crippen molar-refractivity contribution in [2.75, 3.05) is 0 Å². The Kier molecular flexibility index (Phi) is 3.16. The Hall–Kier alpha value is -2.33. The standard InChI is InChI=1S/C15H14N2O2/c16-8-12-5-6-13(19-12)10-18-14-7-11-3-1-2-4-15(11)17-9-14/h1-7,9H,8,10,16H2. The van der Waals surface area contributed by atoms with E-state index in [1.807, 2.05) is 42.5 Å². The SMILES string of the molecule is NCc1ccc(COc2cnc3ccccc3c2)o1. The van der Waals surface area contributed by atoms with Gasteiger partial charge in [-0.1, -0.05) is 18.2 Å². The van der Waals surface area contributed by atoms with Gasteiger partial charge in [-0.3, -0.25) is 4.98 Å². The second-order valence-electron chi connectivity index (χ2n) is 4.22. The molecular weight excluding hydrogens is 240 g/mol. The molecule has 0 aliphatic carbocycles. The van der Waals surface area contributed by atoms with Gasteiger partial charge < -0.3 is 14.9 Å². The highest BCUT2D eigenvalue weighted by Gasteiger charge is 2.03. The van der Waals surface area contributed by atoms with Crippen molar-refractivity contribution in [1.29, 1.82) is 0 Å². The van der Waals surface area contributed by atoms with E-state index in [1.54, 1.807) is 6.20 Å².